The van der Waals surface area contributed by atoms with E-state index < -0.39 is 10.8 Å². The number of rotatable bonds is 4. The minimum absolute atomic E-state index is 0.246. The van der Waals surface area contributed by atoms with Crippen molar-refractivity contribution >= 4 is 16.9 Å². The van der Waals surface area contributed by atoms with Crippen LogP contribution in [0.5, 0.6) is 0 Å². The van der Waals surface area contributed by atoms with Crippen molar-refractivity contribution in [2.24, 2.45) is 5.41 Å². The van der Waals surface area contributed by atoms with Gasteiger partial charge in [0.1, 0.15) is 5.82 Å². The van der Waals surface area contributed by atoms with E-state index in [2.05, 4.69) is 5.10 Å². The molecule has 136 valence electrons. The summed E-state index contributed by atoms with van der Waals surface area (Å²) in [6, 6.07) is 12.3. The molecule has 5 heteroatoms. The van der Waals surface area contributed by atoms with Crippen LogP contribution in [-0.2, 0) is 14.9 Å². The van der Waals surface area contributed by atoms with Crippen molar-refractivity contribution in [3.63, 3.8) is 0 Å². The summed E-state index contributed by atoms with van der Waals surface area (Å²) in [7, 11) is 1.41. The number of hydrogen-bond donors (Lipinski definition) is 0. The van der Waals surface area contributed by atoms with Crippen LogP contribution < -0.4 is 0 Å². The Bertz CT molecular complexity index is 956. The standard InChI is InChI=1S/C21H23FN2O2/c1-20(2,21(3,4)19(25)26-5)15-6-11-18-14(12-15)13-23-24(18)17-9-7-16(22)8-10-17/h6-13H,1-5H3. The number of aromatic nitrogens is 2. The fourth-order valence-electron chi connectivity index (χ4n) is 3.08. The minimum atomic E-state index is -0.692. The van der Waals surface area contributed by atoms with Gasteiger partial charge in [-0.3, -0.25) is 4.79 Å². The summed E-state index contributed by atoms with van der Waals surface area (Å²) in [5, 5.41) is 5.39. The monoisotopic (exact) mass is 354 g/mol. The molecule has 1 aromatic heterocycles. The number of esters is 1. The minimum Gasteiger partial charge on any atom is -0.469 e. The van der Waals surface area contributed by atoms with E-state index in [4.69, 9.17) is 4.74 Å². The Morgan fingerprint density at radius 2 is 1.73 bits per heavy atom. The highest BCUT2D eigenvalue weighted by Crippen LogP contribution is 2.43. The molecule has 0 aliphatic carbocycles. The van der Waals surface area contributed by atoms with Gasteiger partial charge in [0.15, 0.2) is 0 Å². The SMILES string of the molecule is COC(=O)C(C)(C)C(C)(C)c1ccc2c(cnn2-c2ccc(F)cc2)c1. The summed E-state index contributed by atoms with van der Waals surface area (Å²) in [6.07, 6.45) is 1.78. The van der Waals surface area contributed by atoms with E-state index in [9.17, 15) is 9.18 Å². The lowest BCUT2D eigenvalue weighted by Gasteiger charge is -2.39. The summed E-state index contributed by atoms with van der Waals surface area (Å²) < 4.78 is 19.9. The molecule has 0 saturated heterocycles. The maximum Gasteiger partial charge on any atom is 0.312 e. The number of methoxy groups -OCH3 is 1. The summed E-state index contributed by atoms with van der Waals surface area (Å²) >= 11 is 0. The Balaban J connectivity index is 2.06. The molecule has 0 atom stereocenters. The fraction of sp³-hybridized carbons (Fsp3) is 0.333. The van der Waals surface area contributed by atoms with Crippen molar-refractivity contribution in [1.82, 2.24) is 9.78 Å². The summed E-state index contributed by atoms with van der Waals surface area (Å²) in [4.78, 5) is 12.3. The first-order chi connectivity index (χ1) is 12.2. The van der Waals surface area contributed by atoms with Gasteiger partial charge in [0, 0.05) is 10.8 Å². The molecule has 26 heavy (non-hydrogen) atoms. The maximum atomic E-state index is 13.2. The van der Waals surface area contributed by atoms with E-state index in [1.165, 1.54) is 19.2 Å². The number of halogens is 1. The van der Waals surface area contributed by atoms with E-state index in [-0.39, 0.29) is 11.8 Å². The number of ether oxygens (including phenoxy) is 1. The Hall–Kier alpha value is -2.69. The number of carbonyl (C=O) groups excluding carboxylic acids is 1. The van der Waals surface area contributed by atoms with Gasteiger partial charge < -0.3 is 4.74 Å². The van der Waals surface area contributed by atoms with Crippen molar-refractivity contribution in [3.8, 4) is 5.69 Å². The van der Waals surface area contributed by atoms with E-state index in [1.54, 1.807) is 23.0 Å². The number of hydrogen-bond acceptors (Lipinski definition) is 3. The van der Waals surface area contributed by atoms with Crippen molar-refractivity contribution in [2.45, 2.75) is 33.1 Å². The molecule has 0 radical (unpaired) electrons. The second-order valence-electron chi connectivity index (χ2n) is 7.55. The van der Waals surface area contributed by atoms with Gasteiger partial charge in [-0.05, 0) is 55.8 Å². The molecule has 0 spiro atoms. The second kappa shape index (κ2) is 6.24. The quantitative estimate of drug-likeness (QED) is 0.641. The van der Waals surface area contributed by atoms with Gasteiger partial charge in [-0.1, -0.05) is 19.9 Å². The predicted octanol–water partition coefficient (Wildman–Crippen LogP) is 4.64. The highest BCUT2D eigenvalue weighted by Gasteiger charge is 2.45. The van der Waals surface area contributed by atoms with E-state index in [0.717, 1.165) is 22.2 Å². The average molecular weight is 354 g/mol. The van der Waals surface area contributed by atoms with Crippen LogP contribution >= 0.6 is 0 Å². The molecule has 0 bridgehead atoms. The molecule has 0 N–H and O–H groups in total. The maximum absolute atomic E-state index is 13.2. The molecule has 0 aliphatic rings. The molecule has 4 nitrogen and oxygen atoms in total. The Morgan fingerprint density at radius 1 is 1.08 bits per heavy atom. The van der Waals surface area contributed by atoms with Gasteiger partial charge in [0.05, 0.1) is 29.9 Å². The Labute approximate surface area is 152 Å². The van der Waals surface area contributed by atoms with Gasteiger partial charge in [-0.25, -0.2) is 9.07 Å². The fourth-order valence-corrected chi connectivity index (χ4v) is 3.08. The van der Waals surface area contributed by atoms with Gasteiger partial charge in [0.2, 0.25) is 0 Å². The molecule has 0 amide bonds. The Morgan fingerprint density at radius 3 is 2.35 bits per heavy atom. The zero-order chi connectivity index (χ0) is 19.1. The lowest BCUT2D eigenvalue weighted by Crippen LogP contribution is -2.43. The third-order valence-corrected chi connectivity index (χ3v) is 5.62. The highest BCUT2D eigenvalue weighted by molar-refractivity contribution is 5.83. The molecule has 0 unspecified atom stereocenters. The molecule has 2 aromatic carbocycles. The van der Waals surface area contributed by atoms with Crippen LogP contribution in [0.4, 0.5) is 4.39 Å². The lowest BCUT2D eigenvalue weighted by atomic mass is 9.64. The molecular weight excluding hydrogens is 331 g/mol. The van der Waals surface area contributed by atoms with E-state index >= 15 is 0 Å². The number of benzene rings is 2. The normalized spacial score (nSPS) is 12.4. The van der Waals surface area contributed by atoms with Crippen LogP contribution in [0.15, 0.2) is 48.7 Å². The summed E-state index contributed by atoms with van der Waals surface area (Å²) in [5.74, 6) is -0.524. The zero-order valence-corrected chi connectivity index (χ0v) is 15.7. The predicted molar refractivity (Wildman–Crippen MR) is 99.9 cm³/mol. The van der Waals surface area contributed by atoms with Crippen LogP contribution in [-0.4, -0.2) is 22.9 Å². The number of carbonyl (C=O) groups is 1. The van der Waals surface area contributed by atoms with Crippen LogP contribution in [0.25, 0.3) is 16.6 Å². The second-order valence-corrected chi connectivity index (χ2v) is 7.55. The van der Waals surface area contributed by atoms with Crippen molar-refractivity contribution in [3.05, 3.63) is 60.0 Å². The molecule has 0 aliphatic heterocycles. The van der Waals surface area contributed by atoms with E-state index in [1.807, 2.05) is 45.9 Å². The molecule has 1 heterocycles. The molecule has 3 aromatic rings. The van der Waals surface area contributed by atoms with Crippen molar-refractivity contribution in [2.75, 3.05) is 7.11 Å². The van der Waals surface area contributed by atoms with Crippen LogP contribution in [0, 0.1) is 11.2 Å². The van der Waals surface area contributed by atoms with Gasteiger partial charge in [-0.15, -0.1) is 0 Å². The van der Waals surface area contributed by atoms with Gasteiger partial charge in [0.25, 0.3) is 0 Å². The average Bonchev–Trinajstić information content (AvgIpc) is 3.04. The smallest absolute Gasteiger partial charge is 0.312 e. The van der Waals surface area contributed by atoms with Gasteiger partial charge in [-0.2, -0.15) is 5.10 Å². The van der Waals surface area contributed by atoms with E-state index in [0.29, 0.717) is 0 Å². The lowest BCUT2D eigenvalue weighted by molar-refractivity contribution is -0.154. The van der Waals surface area contributed by atoms with Crippen molar-refractivity contribution in [1.29, 1.82) is 0 Å². The van der Waals surface area contributed by atoms with Crippen molar-refractivity contribution < 1.29 is 13.9 Å². The van der Waals surface area contributed by atoms with Crippen LogP contribution in [0.3, 0.4) is 0 Å². The van der Waals surface area contributed by atoms with Gasteiger partial charge >= 0.3 is 5.97 Å². The zero-order valence-electron chi connectivity index (χ0n) is 15.7. The Kier molecular flexibility index (Phi) is 4.34. The summed E-state index contributed by atoms with van der Waals surface area (Å²) in [6.45, 7) is 7.86. The van der Waals surface area contributed by atoms with Crippen LogP contribution in [0.1, 0.15) is 33.3 Å². The van der Waals surface area contributed by atoms with Crippen LogP contribution in [0.2, 0.25) is 0 Å². The summed E-state index contributed by atoms with van der Waals surface area (Å²) in [5.41, 5.74) is 1.61. The first kappa shape index (κ1) is 18.1. The molecule has 3 rings (SSSR count). The largest absolute Gasteiger partial charge is 0.469 e. The first-order valence-electron chi connectivity index (χ1n) is 8.51. The highest BCUT2D eigenvalue weighted by atomic mass is 19.1. The third kappa shape index (κ3) is 2.77. The number of fused-ring (bicyclic) bond motifs is 1. The molecule has 0 fully saturated rings. The first-order valence-corrected chi connectivity index (χ1v) is 8.51. The third-order valence-electron chi connectivity index (χ3n) is 5.62. The molecular formula is C21H23FN2O2. The molecule has 0 saturated carbocycles. The topological polar surface area (TPSA) is 44.1 Å². The number of nitrogens with zero attached hydrogens (tertiary/aromatic N) is 2.